The van der Waals surface area contributed by atoms with Crippen LogP contribution in [0.5, 0.6) is 0 Å². The second-order valence-electron chi connectivity index (χ2n) is 3.88. The van der Waals surface area contributed by atoms with E-state index in [2.05, 4.69) is 26.0 Å². The molecule has 1 unspecified atom stereocenters. The predicted octanol–water partition coefficient (Wildman–Crippen LogP) is 4.34. The number of furan rings is 1. The third-order valence-corrected chi connectivity index (χ3v) is 2.65. The number of fused-ring (bicyclic) bond motifs is 1. The fourth-order valence-electron chi connectivity index (χ4n) is 1.82. The molecule has 1 atom stereocenters. The molecule has 1 aromatic heterocycles. The van der Waals surface area contributed by atoms with Crippen molar-refractivity contribution in [3.05, 3.63) is 36.1 Å². The van der Waals surface area contributed by atoms with Crippen molar-refractivity contribution in [2.45, 2.75) is 32.6 Å². The molecule has 1 heterocycles. The maximum atomic E-state index is 5.78. The summed E-state index contributed by atoms with van der Waals surface area (Å²) in [6.45, 7) is 4.43. The first-order valence-electron chi connectivity index (χ1n) is 5.29. The van der Waals surface area contributed by atoms with E-state index < -0.39 is 0 Å². The Morgan fingerprint density at radius 3 is 2.79 bits per heavy atom. The smallest absolute Gasteiger partial charge is 0.134 e. The highest BCUT2D eigenvalue weighted by molar-refractivity contribution is 5.77. The zero-order chi connectivity index (χ0) is 9.97. The molecule has 0 bridgehead atoms. The molecule has 0 fully saturated rings. The quantitative estimate of drug-likeness (QED) is 0.698. The fourth-order valence-corrected chi connectivity index (χ4v) is 1.82. The van der Waals surface area contributed by atoms with Gasteiger partial charge in [0.05, 0.1) is 0 Å². The lowest BCUT2D eigenvalue weighted by Gasteiger charge is -2.04. The highest BCUT2D eigenvalue weighted by Crippen LogP contribution is 2.27. The molecule has 2 aromatic rings. The molecule has 0 spiro atoms. The lowest BCUT2D eigenvalue weighted by atomic mass is 10.0. The van der Waals surface area contributed by atoms with Crippen molar-refractivity contribution in [2.75, 3.05) is 0 Å². The monoisotopic (exact) mass is 188 g/mol. The summed E-state index contributed by atoms with van der Waals surface area (Å²) >= 11 is 0. The number of para-hydroxylation sites is 1. The predicted molar refractivity (Wildman–Crippen MR) is 59.5 cm³/mol. The number of hydrogen-bond donors (Lipinski definition) is 0. The summed E-state index contributed by atoms with van der Waals surface area (Å²) < 4.78 is 5.78. The second kappa shape index (κ2) is 3.87. The molecule has 0 radical (unpaired) electrons. The SMILES string of the molecule is CCCC(C)c1cc2ccccc2o1. The van der Waals surface area contributed by atoms with Crippen LogP contribution in [0.2, 0.25) is 0 Å². The van der Waals surface area contributed by atoms with Crippen LogP contribution in [-0.4, -0.2) is 0 Å². The van der Waals surface area contributed by atoms with Gasteiger partial charge in [0.15, 0.2) is 0 Å². The van der Waals surface area contributed by atoms with Crippen LogP contribution in [0.15, 0.2) is 34.7 Å². The Bertz CT molecular complexity index is 381. The van der Waals surface area contributed by atoms with Crippen LogP contribution in [0.4, 0.5) is 0 Å². The molecule has 1 nitrogen and oxygen atoms in total. The third-order valence-electron chi connectivity index (χ3n) is 2.65. The molecular weight excluding hydrogens is 172 g/mol. The molecule has 0 saturated carbocycles. The van der Waals surface area contributed by atoms with Crippen molar-refractivity contribution in [2.24, 2.45) is 0 Å². The first-order chi connectivity index (χ1) is 6.81. The van der Waals surface area contributed by atoms with Crippen LogP contribution < -0.4 is 0 Å². The van der Waals surface area contributed by atoms with Crippen molar-refractivity contribution < 1.29 is 4.42 Å². The fraction of sp³-hybridized carbons (Fsp3) is 0.385. The Balaban J connectivity index is 2.35. The van der Waals surface area contributed by atoms with Gasteiger partial charge in [-0.1, -0.05) is 38.5 Å². The van der Waals surface area contributed by atoms with E-state index >= 15 is 0 Å². The molecule has 74 valence electrons. The van der Waals surface area contributed by atoms with Gasteiger partial charge in [-0.2, -0.15) is 0 Å². The highest BCUT2D eigenvalue weighted by Gasteiger charge is 2.09. The summed E-state index contributed by atoms with van der Waals surface area (Å²) in [5, 5.41) is 1.21. The van der Waals surface area contributed by atoms with Crippen LogP contribution >= 0.6 is 0 Å². The Kier molecular flexibility index (Phi) is 2.58. The maximum Gasteiger partial charge on any atom is 0.134 e. The maximum absolute atomic E-state index is 5.78. The van der Waals surface area contributed by atoms with Gasteiger partial charge in [0.25, 0.3) is 0 Å². The zero-order valence-electron chi connectivity index (χ0n) is 8.79. The first kappa shape index (κ1) is 9.32. The minimum Gasteiger partial charge on any atom is -0.461 e. The van der Waals surface area contributed by atoms with Crippen molar-refractivity contribution in [3.8, 4) is 0 Å². The largest absolute Gasteiger partial charge is 0.461 e. The summed E-state index contributed by atoms with van der Waals surface area (Å²) in [7, 11) is 0. The van der Waals surface area contributed by atoms with E-state index in [1.807, 2.05) is 18.2 Å². The van der Waals surface area contributed by atoms with Crippen molar-refractivity contribution in [1.29, 1.82) is 0 Å². The molecular formula is C13H16O. The zero-order valence-corrected chi connectivity index (χ0v) is 8.79. The van der Waals surface area contributed by atoms with Gasteiger partial charge < -0.3 is 4.42 Å². The number of benzene rings is 1. The van der Waals surface area contributed by atoms with Crippen LogP contribution in [0.1, 0.15) is 38.4 Å². The van der Waals surface area contributed by atoms with Crippen LogP contribution in [0.25, 0.3) is 11.0 Å². The van der Waals surface area contributed by atoms with Gasteiger partial charge in [-0.05, 0) is 18.6 Å². The summed E-state index contributed by atoms with van der Waals surface area (Å²) in [6.07, 6.45) is 2.40. The standard InChI is InChI=1S/C13H16O/c1-3-6-10(2)13-9-11-7-4-5-8-12(11)14-13/h4-5,7-10H,3,6H2,1-2H3. The minimum absolute atomic E-state index is 0.535. The van der Waals surface area contributed by atoms with Gasteiger partial charge in [-0.15, -0.1) is 0 Å². The second-order valence-corrected chi connectivity index (χ2v) is 3.88. The molecule has 2 rings (SSSR count). The van der Waals surface area contributed by atoms with E-state index in [1.165, 1.54) is 18.2 Å². The lowest BCUT2D eigenvalue weighted by Crippen LogP contribution is -1.88. The molecule has 1 aromatic carbocycles. The number of hydrogen-bond acceptors (Lipinski definition) is 1. The molecule has 0 aliphatic carbocycles. The van der Waals surface area contributed by atoms with Gasteiger partial charge in [-0.25, -0.2) is 0 Å². The molecule has 0 saturated heterocycles. The first-order valence-corrected chi connectivity index (χ1v) is 5.29. The van der Waals surface area contributed by atoms with E-state index in [4.69, 9.17) is 4.42 Å². The molecule has 0 aliphatic rings. The van der Waals surface area contributed by atoms with E-state index in [0.29, 0.717) is 5.92 Å². The molecule has 0 amide bonds. The van der Waals surface area contributed by atoms with Gasteiger partial charge >= 0.3 is 0 Å². The third kappa shape index (κ3) is 1.67. The average molecular weight is 188 g/mol. The van der Waals surface area contributed by atoms with E-state index in [1.54, 1.807) is 0 Å². The van der Waals surface area contributed by atoms with Gasteiger partial charge in [0.1, 0.15) is 11.3 Å². The summed E-state index contributed by atoms with van der Waals surface area (Å²) in [4.78, 5) is 0. The van der Waals surface area contributed by atoms with Crippen molar-refractivity contribution in [3.63, 3.8) is 0 Å². The van der Waals surface area contributed by atoms with Gasteiger partial charge in [0.2, 0.25) is 0 Å². The van der Waals surface area contributed by atoms with Crippen molar-refractivity contribution in [1.82, 2.24) is 0 Å². The number of rotatable bonds is 3. The average Bonchev–Trinajstić information content (AvgIpc) is 2.61. The lowest BCUT2D eigenvalue weighted by molar-refractivity contribution is 0.486. The summed E-state index contributed by atoms with van der Waals surface area (Å²) in [5.74, 6) is 1.65. The van der Waals surface area contributed by atoms with E-state index in [9.17, 15) is 0 Å². The molecule has 0 N–H and O–H groups in total. The topological polar surface area (TPSA) is 13.1 Å². The minimum atomic E-state index is 0.535. The Labute approximate surface area is 84.7 Å². The molecule has 14 heavy (non-hydrogen) atoms. The van der Waals surface area contributed by atoms with Crippen LogP contribution in [0.3, 0.4) is 0 Å². The summed E-state index contributed by atoms with van der Waals surface area (Å²) in [6, 6.07) is 10.3. The van der Waals surface area contributed by atoms with Gasteiger partial charge in [0, 0.05) is 11.3 Å². The summed E-state index contributed by atoms with van der Waals surface area (Å²) in [5.41, 5.74) is 1.01. The van der Waals surface area contributed by atoms with Crippen LogP contribution in [0, 0.1) is 0 Å². The van der Waals surface area contributed by atoms with Gasteiger partial charge in [-0.3, -0.25) is 0 Å². The van der Waals surface area contributed by atoms with E-state index in [0.717, 1.165) is 11.3 Å². The Hall–Kier alpha value is -1.24. The van der Waals surface area contributed by atoms with Crippen LogP contribution in [-0.2, 0) is 0 Å². The van der Waals surface area contributed by atoms with E-state index in [-0.39, 0.29) is 0 Å². The normalized spacial score (nSPS) is 13.3. The molecule has 0 aliphatic heterocycles. The molecule has 1 heteroatoms. The Morgan fingerprint density at radius 1 is 1.29 bits per heavy atom. The Morgan fingerprint density at radius 2 is 2.07 bits per heavy atom. The highest BCUT2D eigenvalue weighted by atomic mass is 16.3. The van der Waals surface area contributed by atoms with Crippen molar-refractivity contribution >= 4 is 11.0 Å².